The van der Waals surface area contributed by atoms with Gasteiger partial charge in [0.25, 0.3) is 0 Å². The molecule has 0 bridgehead atoms. The molecule has 0 radical (unpaired) electrons. The van der Waals surface area contributed by atoms with Crippen molar-refractivity contribution in [2.24, 2.45) is 5.92 Å². The summed E-state index contributed by atoms with van der Waals surface area (Å²) in [6.45, 7) is 2.02. The topological polar surface area (TPSA) is 51.4 Å². The minimum absolute atomic E-state index is 0.199. The Morgan fingerprint density at radius 2 is 1.89 bits per heavy atom. The average molecular weight is 377 g/mol. The van der Waals surface area contributed by atoms with Gasteiger partial charge in [0.1, 0.15) is 22.8 Å². The molecule has 8 heteroatoms. The smallest absolute Gasteiger partial charge is 0.433 e. The molecular formula is C19H18F3N3O2. The second-order valence-electron chi connectivity index (χ2n) is 6.58. The van der Waals surface area contributed by atoms with Gasteiger partial charge in [-0.05, 0) is 37.0 Å². The first-order valence-electron chi connectivity index (χ1n) is 8.74. The second kappa shape index (κ2) is 7.09. The Bertz CT molecular complexity index is 918. The minimum Gasteiger partial charge on any atom is -0.493 e. The highest BCUT2D eigenvalue weighted by molar-refractivity contribution is 5.88. The van der Waals surface area contributed by atoms with Crippen LogP contribution in [0.2, 0.25) is 0 Å². The summed E-state index contributed by atoms with van der Waals surface area (Å²) in [6, 6.07) is 6.14. The van der Waals surface area contributed by atoms with Gasteiger partial charge in [-0.1, -0.05) is 0 Å². The summed E-state index contributed by atoms with van der Waals surface area (Å²) >= 11 is 0. The molecule has 4 heterocycles. The summed E-state index contributed by atoms with van der Waals surface area (Å²) in [5.41, 5.74) is -0.127. The molecule has 0 unspecified atom stereocenters. The summed E-state index contributed by atoms with van der Waals surface area (Å²) in [5.74, 6) is 1.39. The third-order valence-corrected chi connectivity index (χ3v) is 4.78. The number of ether oxygens (including phenoxy) is 1. The molecule has 1 aliphatic heterocycles. The van der Waals surface area contributed by atoms with Gasteiger partial charge in [-0.25, -0.2) is 4.98 Å². The van der Waals surface area contributed by atoms with E-state index in [4.69, 9.17) is 9.15 Å². The molecule has 0 aromatic carbocycles. The van der Waals surface area contributed by atoms with E-state index in [0.29, 0.717) is 6.61 Å². The second-order valence-corrected chi connectivity index (χ2v) is 6.58. The van der Waals surface area contributed by atoms with Crippen molar-refractivity contribution in [2.75, 3.05) is 24.6 Å². The number of furan rings is 1. The zero-order valence-corrected chi connectivity index (χ0v) is 14.4. The fraction of sp³-hybridized carbons (Fsp3) is 0.368. The molecule has 5 nitrogen and oxygen atoms in total. The SMILES string of the molecule is FC(F)(F)c1cc(OCC2CCN(c3nccc4occc34)CC2)ccn1. The van der Waals surface area contributed by atoms with Crippen molar-refractivity contribution in [2.45, 2.75) is 19.0 Å². The first kappa shape index (κ1) is 17.6. The van der Waals surface area contributed by atoms with Gasteiger partial charge < -0.3 is 14.1 Å². The van der Waals surface area contributed by atoms with Crippen LogP contribution < -0.4 is 9.64 Å². The predicted octanol–water partition coefficient (Wildman–Crippen LogP) is 4.54. The standard InChI is InChI=1S/C19H18F3N3O2/c20-19(21,22)17-11-14(1-6-23-17)27-12-13-3-8-25(9-4-13)18-15-5-10-26-16(15)2-7-24-18/h1-2,5-7,10-11,13H,3-4,8-9,12H2. The van der Waals surface area contributed by atoms with E-state index in [1.165, 1.54) is 6.07 Å². The lowest BCUT2D eigenvalue weighted by Gasteiger charge is -2.32. The largest absolute Gasteiger partial charge is 0.493 e. The van der Waals surface area contributed by atoms with Crippen LogP contribution in [0.4, 0.5) is 19.0 Å². The Labute approximate surface area is 153 Å². The van der Waals surface area contributed by atoms with Crippen molar-refractivity contribution in [3.8, 4) is 5.75 Å². The molecule has 0 atom stereocenters. The molecule has 27 heavy (non-hydrogen) atoms. The molecule has 1 aliphatic rings. The number of nitrogens with zero attached hydrogens (tertiary/aromatic N) is 3. The third-order valence-electron chi connectivity index (χ3n) is 4.78. The summed E-state index contributed by atoms with van der Waals surface area (Å²) in [5, 5.41) is 0.990. The molecule has 3 aromatic rings. The molecule has 0 N–H and O–H groups in total. The molecule has 0 aliphatic carbocycles. The number of aromatic nitrogens is 2. The highest BCUT2D eigenvalue weighted by Gasteiger charge is 2.32. The Morgan fingerprint density at radius 1 is 1.11 bits per heavy atom. The van der Waals surface area contributed by atoms with E-state index in [2.05, 4.69) is 14.9 Å². The Hall–Kier alpha value is -2.77. The number of anilines is 1. The molecule has 3 aromatic heterocycles. The number of rotatable bonds is 4. The van der Waals surface area contributed by atoms with E-state index in [-0.39, 0.29) is 11.7 Å². The minimum atomic E-state index is -4.47. The monoisotopic (exact) mass is 377 g/mol. The van der Waals surface area contributed by atoms with E-state index in [0.717, 1.165) is 55.0 Å². The van der Waals surface area contributed by atoms with Crippen LogP contribution in [0.5, 0.6) is 5.75 Å². The van der Waals surface area contributed by atoms with Gasteiger partial charge >= 0.3 is 6.18 Å². The first-order valence-corrected chi connectivity index (χ1v) is 8.74. The van der Waals surface area contributed by atoms with Crippen LogP contribution in [0.25, 0.3) is 11.0 Å². The maximum Gasteiger partial charge on any atom is 0.433 e. The Morgan fingerprint density at radius 3 is 2.67 bits per heavy atom. The van der Waals surface area contributed by atoms with Crippen molar-refractivity contribution >= 4 is 16.8 Å². The van der Waals surface area contributed by atoms with Crippen LogP contribution in [0.1, 0.15) is 18.5 Å². The van der Waals surface area contributed by atoms with Crippen molar-refractivity contribution in [1.29, 1.82) is 0 Å². The molecule has 142 valence electrons. The van der Waals surface area contributed by atoms with Crippen molar-refractivity contribution in [3.05, 3.63) is 48.6 Å². The van der Waals surface area contributed by atoms with Crippen LogP contribution in [0.3, 0.4) is 0 Å². The van der Waals surface area contributed by atoms with E-state index >= 15 is 0 Å². The van der Waals surface area contributed by atoms with Gasteiger partial charge in [0.05, 0.1) is 18.3 Å². The highest BCUT2D eigenvalue weighted by atomic mass is 19.4. The summed E-state index contributed by atoms with van der Waals surface area (Å²) < 4.78 is 49.2. The number of alkyl halides is 3. The summed E-state index contributed by atoms with van der Waals surface area (Å²) in [7, 11) is 0. The number of halogens is 3. The van der Waals surface area contributed by atoms with Crippen molar-refractivity contribution < 1.29 is 22.3 Å². The van der Waals surface area contributed by atoms with Crippen LogP contribution in [0, 0.1) is 5.92 Å². The fourth-order valence-electron chi connectivity index (χ4n) is 3.31. The summed E-state index contributed by atoms with van der Waals surface area (Å²) in [4.78, 5) is 10.0. The molecular weight excluding hydrogens is 359 g/mol. The predicted molar refractivity (Wildman–Crippen MR) is 93.7 cm³/mol. The maximum absolute atomic E-state index is 12.7. The van der Waals surface area contributed by atoms with Crippen molar-refractivity contribution in [1.82, 2.24) is 9.97 Å². The Balaban J connectivity index is 1.34. The first-order chi connectivity index (χ1) is 13.0. The molecule has 4 rings (SSSR count). The van der Waals surface area contributed by atoms with E-state index in [1.807, 2.05) is 12.1 Å². The lowest BCUT2D eigenvalue weighted by Crippen LogP contribution is -2.36. The number of hydrogen-bond donors (Lipinski definition) is 0. The fourth-order valence-corrected chi connectivity index (χ4v) is 3.31. The number of piperidine rings is 1. The van der Waals surface area contributed by atoms with Crippen LogP contribution in [0.15, 0.2) is 47.3 Å². The van der Waals surface area contributed by atoms with E-state index < -0.39 is 11.9 Å². The lowest BCUT2D eigenvalue weighted by atomic mass is 9.97. The maximum atomic E-state index is 12.7. The molecule has 1 saturated heterocycles. The van der Waals surface area contributed by atoms with Crippen LogP contribution >= 0.6 is 0 Å². The van der Waals surface area contributed by atoms with E-state index in [9.17, 15) is 13.2 Å². The van der Waals surface area contributed by atoms with Gasteiger partial charge in [0, 0.05) is 31.5 Å². The lowest BCUT2D eigenvalue weighted by molar-refractivity contribution is -0.141. The number of fused-ring (bicyclic) bond motifs is 1. The molecule has 0 saturated carbocycles. The zero-order valence-electron chi connectivity index (χ0n) is 14.4. The average Bonchev–Trinajstić information content (AvgIpc) is 3.15. The molecule has 0 spiro atoms. The van der Waals surface area contributed by atoms with Gasteiger partial charge in [-0.15, -0.1) is 0 Å². The zero-order chi connectivity index (χ0) is 18.9. The normalized spacial score (nSPS) is 16.0. The van der Waals surface area contributed by atoms with Crippen LogP contribution in [-0.4, -0.2) is 29.7 Å². The number of pyridine rings is 2. The van der Waals surface area contributed by atoms with Crippen molar-refractivity contribution in [3.63, 3.8) is 0 Å². The summed E-state index contributed by atoms with van der Waals surface area (Å²) in [6.07, 6.45) is 1.81. The Kier molecular flexibility index (Phi) is 4.63. The molecule has 0 amide bonds. The van der Waals surface area contributed by atoms with Gasteiger partial charge in [0.15, 0.2) is 0 Å². The van der Waals surface area contributed by atoms with Gasteiger partial charge in [-0.2, -0.15) is 13.2 Å². The number of hydrogen-bond acceptors (Lipinski definition) is 5. The quantitative estimate of drug-likeness (QED) is 0.668. The molecule has 1 fully saturated rings. The van der Waals surface area contributed by atoms with Gasteiger partial charge in [-0.3, -0.25) is 4.98 Å². The van der Waals surface area contributed by atoms with Gasteiger partial charge in [0.2, 0.25) is 0 Å². The third kappa shape index (κ3) is 3.84. The van der Waals surface area contributed by atoms with E-state index in [1.54, 1.807) is 12.5 Å². The highest BCUT2D eigenvalue weighted by Crippen LogP contribution is 2.31. The van der Waals surface area contributed by atoms with Crippen LogP contribution in [-0.2, 0) is 6.18 Å².